The zero-order chi connectivity index (χ0) is 15.3. The Morgan fingerprint density at radius 2 is 2.10 bits per heavy atom. The van der Waals surface area contributed by atoms with Crippen LogP contribution in [0.15, 0.2) is 0 Å². The summed E-state index contributed by atoms with van der Waals surface area (Å²) in [6.07, 6.45) is 2.03. The number of methoxy groups -OCH3 is 1. The van der Waals surface area contributed by atoms with Crippen LogP contribution >= 0.6 is 11.3 Å². The Bertz CT molecular complexity index is 499. The number of nitrogens with one attached hydrogen (secondary N) is 1. The number of rotatable bonds is 6. The number of thiophene rings is 1. The van der Waals surface area contributed by atoms with Crippen LogP contribution in [0.4, 0.5) is 10.7 Å². The van der Waals surface area contributed by atoms with Gasteiger partial charge in [0.05, 0.1) is 12.8 Å². The molecular formula is C13H21N3O3S. The molecule has 0 aromatic carbocycles. The van der Waals surface area contributed by atoms with Crippen LogP contribution in [0, 0.1) is 0 Å². The molecule has 0 aliphatic rings. The number of amides is 1. The predicted octanol–water partition coefficient (Wildman–Crippen LogP) is 1.71. The Hall–Kier alpha value is -1.76. The zero-order valence-electron chi connectivity index (χ0n) is 12.3. The maximum absolute atomic E-state index is 11.9. The van der Waals surface area contributed by atoms with Crippen LogP contribution in [0.3, 0.4) is 0 Å². The number of nitrogen functional groups attached to an aromatic ring is 1. The van der Waals surface area contributed by atoms with Crippen molar-refractivity contribution >= 4 is 33.9 Å². The normalized spacial score (nSPS) is 10.2. The van der Waals surface area contributed by atoms with Gasteiger partial charge in [0.15, 0.2) is 0 Å². The second kappa shape index (κ2) is 7.14. The number of carbonyl (C=O) groups excluding carboxylic acids is 2. The molecule has 20 heavy (non-hydrogen) atoms. The summed E-state index contributed by atoms with van der Waals surface area (Å²) >= 11 is 1.21. The molecule has 0 saturated heterocycles. The fourth-order valence-corrected chi connectivity index (χ4v) is 2.92. The smallest absolute Gasteiger partial charge is 0.343 e. The van der Waals surface area contributed by atoms with E-state index in [2.05, 4.69) is 12.2 Å². The van der Waals surface area contributed by atoms with E-state index >= 15 is 0 Å². The van der Waals surface area contributed by atoms with Crippen molar-refractivity contribution in [2.24, 2.45) is 0 Å². The van der Waals surface area contributed by atoms with Gasteiger partial charge in [-0.15, -0.1) is 11.3 Å². The first-order valence-electron chi connectivity index (χ1n) is 6.41. The third-order valence-electron chi connectivity index (χ3n) is 2.94. The minimum atomic E-state index is -0.521. The SMILES string of the molecule is CCCCN(C)c1sc(C(=O)NC)c(N)c1C(=O)OC. The van der Waals surface area contributed by atoms with Gasteiger partial charge in [-0.3, -0.25) is 4.79 Å². The Kier molecular flexibility index (Phi) is 5.82. The fourth-order valence-electron chi connectivity index (χ4n) is 1.78. The van der Waals surface area contributed by atoms with Crippen LogP contribution in [0.2, 0.25) is 0 Å². The molecular weight excluding hydrogens is 278 g/mol. The summed E-state index contributed by atoms with van der Waals surface area (Å²) in [7, 11) is 4.70. The highest BCUT2D eigenvalue weighted by molar-refractivity contribution is 7.19. The number of hydrogen-bond acceptors (Lipinski definition) is 6. The van der Waals surface area contributed by atoms with Gasteiger partial charge in [-0.2, -0.15) is 0 Å². The van der Waals surface area contributed by atoms with E-state index in [1.807, 2.05) is 11.9 Å². The summed E-state index contributed by atoms with van der Waals surface area (Å²) in [4.78, 5) is 26.0. The molecule has 0 aliphatic carbocycles. The van der Waals surface area contributed by atoms with Gasteiger partial charge in [-0.05, 0) is 6.42 Å². The third kappa shape index (κ3) is 3.22. The molecule has 3 N–H and O–H groups in total. The number of nitrogens with two attached hydrogens (primary N) is 1. The summed E-state index contributed by atoms with van der Waals surface area (Å²) in [6, 6.07) is 0. The maximum atomic E-state index is 11.9. The summed E-state index contributed by atoms with van der Waals surface area (Å²) in [5, 5.41) is 3.19. The first-order chi connectivity index (χ1) is 9.47. The molecule has 0 bridgehead atoms. The Morgan fingerprint density at radius 1 is 1.45 bits per heavy atom. The molecule has 1 amide bonds. The topological polar surface area (TPSA) is 84.7 Å². The van der Waals surface area contributed by atoms with Crippen molar-refractivity contribution in [1.29, 1.82) is 0 Å². The molecule has 6 nitrogen and oxygen atoms in total. The Balaban J connectivity index is 3.26. The quantitative estimate of drug-likeness (QED) is 0.781. The lowest BCUT2D eigenvalue weighted by Crippen LogP contribution is -2.20. The van der Waals surface area contributed by atoms with Crippen LogP contribution in [0.1, 0.15) is 39.8 Å². The molecule has 112 valence electrons. The zero-order valence-corrected chi connectivity index (χ0v) is 13.1. The fraction of sp³-hybridized carbons (Fsp3) is 0.538. The van der Waals surface area contributed by atoms with Gasteiger partial charge in [-0.25, -0.2) is 4.79 Å². The van der Waals surface area contributed by atoms with Crippen molar-refractivity contribution in [3.63, 3.8) is 0 Å². The average Bonchev–Trinajstić information content (AvgIpc) is 2.80. The van der Waals surface area contributed by atoms with Gasteiger partial charge in [0.2, 0.25) is 0 Å². The molecule has 0 fully saturated rings. The van der Waals surface area contributed by atoms with Gasteiger partial charge < -0.3 is 20.7 Å². The molecule has 0 unspecified atom stereocenters. The molecule has 7 heteroatoms. The summed E-state index contributed by atoms with van der Waals surface area (Å²) < 4.78 is 4.77. The number of esters is 1. The minimum absolute atomic E-state index is 0.180. The lowest BCUT2D eigenvalue weighted by molar-refractivity contribution is 0.0603. The van der Waals surface area contributed by atoms with E-state index in [9.17, 15) is 9.59 Å². The van der Waals surface area contributed by atoms with Crippen molar-refractivity contribution < 1.29 is 14.3 Å². The van der Waals surface area contributed by atoms with Crippen molar-refractivity contribution in [1.82, 2.24) is 5.32 Å². The predicted molar refractivity (Wildman–Crippen MR) is 81.6 cm³/mol. The molecule has 1 aromatic heterocycles. The number of unbranched alkanes of at least 4 members (excludes halogenated alkanes) is 1. The highest BCUT2D eigenvalue weighted by Crippen LogP contribution is 2.38. The van der Waals surface area contributed by atoms with E-state index in [1.54, 1.807) is 0 Å². The maximum Gasteiger partial charge on any atom is 0.343 e. The van der Waals surface area contributed by atoms with E-state index in [0.29, 0.717) is 9.88 Å². The van der Waals surface area contributed by atoms with Crippen molar-refractivity contribution in [2.75, 3.05) is 38.4 Å². The Morgan fingerprint density at radius 3 is 2.60 bits per heavy atom. The van der Waals surface area contributed by atoms with Crippen molar-refractivity contribution in [3.05, 3.63) is 10.4 Å². The highest BCUT2D eigenvalue weighted by atomic mass is 32.1. The molecule has 0 saturated carbocycles. The van der Waals surface area contributed by atoms with E-state index in [1.165, 1.54) is 25.5 Å². The summed E-state index contributed by atoms with van der Waals surface area (Å²) in [6.45, 7) is 2.88. The largest absolute Gasteiger partial charge is 0.465 e. The number of carbonyl (C=O) groups is 2. The number of hydrogen-bond donors (Lipinski definition) is 2. The van der Waals surface area contributed by atoms with E-state index < -0.39 is 5.97 Å². The number of anilines is 2. The van der Waals surface area contributed by atoms with Crippen LogP contribution in [-0.2, 0) is 4.74 Å². The van der Waals surface area contributed by atoms with Gasteiger partial charge in [0.1, 0.15) is 15.4 Å². The lowest BCUT2D eigenvalue weighted by atomic mass is 10.2. The first-order valence-corrected chi connectivity index (χ1v) is 7.23. The summed E-state index contributed by atoms with van der Waals surface area (Å²) in [5.74, 6) is -0.819. The number of nitrogens with zero attached hydrogens (tertiary/aromatic N) is 1. The second-order valence-electron chi connectivity index (χ2n) is 4.37. The molecule has 0 spiro atoms. The van der Waals surface area contributed by atoms with Gasteiger partial charge in [-0.1, -0.05) is 13.3 Å². The highest BCUT2D eigenvalue weighted by Gasteiger charge is 2.27. The molecule has 1 heterocycles. The molecule has 0 radical (unpaired) electrons. The van der Waals surface area contributed by atoms with Gasteiger partial charge in [0, 0.05) is 20.6 Å². The number of ether oxygens (including phenoxy) is 1. The van der Waals surface area contributed by atoms with Gasteiger partial charge >= 0.3 is 5.97 Å². The third-order valence-corrected chi connectivity index (χ3v) is 4.26. The minimum Gasteiger partial charge on any atom is -0.465 e. The first kappa shape index (κ1) is 16.3. The second-order valence-corrected chi connectivity index (χ2v) is 5.37. The van der Waals surface area contributed by atoms with Crippen LogP contribution in [0.5, 0.6) is 0 Å². The van der Waals surface area contributed by atoms with Gasteiger partial charge in [0.25, 0.3) is 5.91 Å². The monoisotopic (exact) mass is 299 g/mol. The van der Waals surface area contributed by atoms with Crippen molar-refractivity contribution in [3.8, 4) is 0 Å². The lowest BCUT2D eigenvalue weighted by Gasteiger charge is -2.18. The molecule has 1 rings (SSSR count). The average molecular weight is 299 g/mol. The standard InChI is InChI=1S/C13H21N3O3S/c1-5-6-7-16(3)12-8(13(18)19-4)9(14)10(20-12)11(17)15-2/h5-7,14H2,1-4H3,(H,15,17). The van der Waals surface area contributed by atoms with Crippen LogP contribution in [-0.4, -0.2) is 39.6 Å². The van der Waals surface area contributed by atoms with E-state index in [0.717, 1.165) is 19.4 Å². The van der Waals surface area contributed by atoms with Crippen molar-refractivity contribution in [2.45, 2.75) is 19.8 Å². The van der Waals surface area contributed by atoms with Crippen LogP contribution in [0.25, 0.3) is 0 Å². The molecule has 1 aromatic rings. The van der Waals surface area contributed by atoms with Crippen LogP contribution < -0.4 is 16.0 Å². The molecule has 0 atom stereocenters. The van der Waals surface area contributed by atoms with E-state index in [4.69, 9.17) is 10.5 Å². The summed E-state index contributed by atoms with van der Waals surface area (Å²) in [5.41, 5.74) is 6.40. The van der Waals surface area contributed by atoms with E-state index in [-0.39, 0.29) is 17.2 Å². The molecule has 0 aliphatic heterocycles. The Labute approximate surface area is 122 Å².